The average Bonchev–Trinajstić information content (AvgIpc) is 2.36. The van der Waals surface area contributed by atoms with E-state index in [4.69, 9.17) is 9.47 Å². The Morgan fingerprint density at radius 3 is 2.59 bits per heavy atom. The fraction of sp³-hybridized carbons (Fsp3) is 0.615. The fourth-order valence-electron chi connectivity index (χ4n) is 1.69. The molecule has 0 aliphatic carbocycles. The molecule has 0 aromatic carbocycles. The summed E-state index contributed by atoms with van der Waals surface area (Å²) in [4.78, 5) is 4.32. The molecule has 0 saturated carbocycles. The second-order valence-corrected chi connectivity index (χ2v) is 4.10. The zero-order valence-corrected chi connectivity index (χ0v) is 11.1. The molecule has 0 bridgehead atoms. The summed E-state index contributed by atoms with van der Waals surface area (Å²) in [7, 11) is 3.25. The SMILES string of the molecule is CCCC(C)NCc1cc(OC)c(OC)cn1. The van der Waals surface area contributed by atoms with E-state index < -0.39 is 0 Å². The Morgan fingerprint density at radius 2 is 2.00 bits per heavy atom. The van der Waals surface area contributed by atoms with E-state index in [1.54, 1.807) is 20.4 Å². The molecule has 0 spiro atoms. The molecule has 0 fully saturated rings. The van der Waals surface area contributed by atoms with Crippen LogP contribution in [0.15, 0.2) is 12.3 Å². The van der Waals surface area contributed by atoms with Crippen molar-refractivity contribution in [2.24, 2.45) is 0 Å². The highest BCUT2D eigenvalue weighted by Crippen LogP contribution is 2.25. The third-order valence-electron chi connectivity index (χ3n) is 2.68. The van der Waals surface area contributed by atoms with Gasteiger partial charge in [-0.3, -0.25) is 4.98 Å². The van der Waals surface area contributed by atoms with E-state index in [1.165, 1.54) is 12.8 Å². The Bertz CT molecular complexity index is 342. The van der Waals surface area contributed by atoms with Crippen molar-refractivity contribution < 1.29 is 9.47 Å². The van der Waals surface area contributed by atoms with Crippen LogP contribution in [0, 0.1) is 0 Å². The van der Waals surface area contributed by atoms with Gasteiger partial charge in [-0.05, 0) is 13.3 Å². The molecule has 1 heterocycles. The fourth-order valence-corrected chi connectivity index (χ4v) is 1.69. The van der Waals surface area contributed by atoms with Crippen LogP contribution in [0.2, 0.25) is 0 Å². The van der Waals surface area contributed by atoms with E-state index in [1.807, 2.05) is 6.07 Å². The molecule has 17 heavy (non-hydrogen) atoms. The number of hydrogen-bond acceptors (Lipinski definition) is 4. The Labute approximate surface area is 103 Å². The van der Waals surface area contributed by atoms with Gasteiger partial charge in [0.05, 0.1) is 26.1 Å². The number of methoxy groups -OCH3 is 2. The van der Waals surface area contributed by atoms with Crippen LogP contribution < -0.4 is 14.8 Å². The van der Waals surface area contributed by atoms with Crippen molar-refractivity contribution in [3.63, 3.8) is 0 Å². The first-order valence-electron chi connectivity index (χ1n) is 6.01. The second-order valence-electron chi connectivity index (χ2n) is 4.10. The number of aromatic nitrogens is 1. The van der Waals surface area contributed by atoms with Crippen LogP contribution in [0.4, 0.5) is 0 Å². The van der Waals surface area contributed by atoms with Gasteiger partial charge in [-0.1, -0.05) is 13.3 Å². The molecular weight excluding hydrogens is 216 g/mol. The van der Waals surface area contributed by atoms with E-state index in [-0.39, 0.29) is 0 Å². The van der Waals surface area contributed by atoms with Crippen LogP contribution in [-0.4, -0.2) is 25.2 Å². The largest absolute Gasteiger partial charge is 0.493 e. The van der Waals surface area contributed by atoms with Gasteiger partial charge in [0.15, 0.2) is 11.5 Å². The summed E-state index contributed by atoms with van der Waals surface area (Å²) in [5, 5.41) is 3.43. The molecule has 0 saturated heterocycles. The highest BCUT2D eigenvalue weighted by atomic mass is 16.5. The standard InChI is InChI=1S/C13H22N2O2/c1-5-6-10(2)14-8-11-7-12(16-3)13(17-4)9-15-11/h7,9-10,14H,5-6,8H2,1-4H3. The minimum absolute atomic E-state index is 0.509. The molecule has 0 aliphatic rings. The van der Waals surface area contributed by atoms with Gasteiger partial charge in [0.1, 0.15) is 0 Å². The molecule has 1 rings (SSSR count). The summed E-state index contributed by atoms with van der Waals surface area (Å²) < 4.78 is 10.4. The Hall–Kier alpha value is -1.29. The molecule has 96 valence electrons. The molecule has 0 amide bonds. The minimum atomic E-state index is 0.509. The summed E-state index contributed by atoms with van der Waals surface area (Å²) >= 11 is 0. The monoisotopic (exact) mass is 238 g/mol. The van der Waals surface area contributed by atoms with E-state index >= 15 is 0 Å². The molecule has 0 radical (unpaired) electrons. The molecule has 1 unspecified atom stereocenters. The normalized spacial score (nSPS) is 12.2. The molecule has 1 N–H and O–H groups in total. The van der Waals surface area contributed by atoms with Gasteiger partial charge in [0.25, 0.3) is 0 Å². The quantitative estimate of drug-likeness (QED) is 0.792. The van der Waals surface area contributed by atoms with Gasteiger partial charge in [-0.2, -0.15) is 0 Å². The number of ether oxygens (including phenoxy) is 2. The summed E-state index contributed by atoms with van der Waals surface area (Å²) in [6.07, 6.45) is 4.06. The van der Waals surface area contributed by atoms with Crippen molar-refractivity contribution in [1.29, 1.82) is 0 Å². The smallest absolute Gasteiger partial charge is 0.179 e. The van der Waals surface area contributed by atoms with Crippen LogP contribution >= 0.6 is 0 Å². The van der Waals surface area contributed by atoms with Crippen molar-refractivity contribution >= 4 is 0 Å². The van der Waals surface area contributed by atoms with Crippen molar-refractivity contribution in [3.05, 3.63) is 18.0 Å². The summed E-state index contributed by atoms with van der Waals surface area (Å²) in [5.41, 5.74) is 0.964. The van der Waals surface area contributed by atoms with Gasteiger partial charge in [-0.25, -0.2) is 0 Å². The molecule has 1 aromatic heterocycles. The number of hydrogen-bond donors (Lipinski definition) is 1. The number of nitrogens with zero attached hydrogens (tertiary/aromatic N) is 1. The summed E-state index contributed by atoms with van der Waals surface area (Å²) in [5.74, 6) is 1.39. The average molecular weight is 238 g/mol. The molecule has 4 nitrogen and oxygen atoms in total. The lowest BCUT2D eigenvalue weighted by molar-refractivity contribution is 0.352. The maximum Gasteiger partial charge on any atom is 0.179 e. The molecule has 0 aliphatic heterocycles. The lowest BCUT2D eigenvalue weighted by Crippen LogP contribution is -2.25. The third kappa shape index (κ3) is 4.23. The Kier molecular flexibility index (Phi) is 5.77. The van der Waals surface area contributed by atoms with Gasteiger partial charge < -0.3 is 14.8 Å². The molecule has 1 aromatic rings. The van der Waals surface area contributed by atoms with Crippen LogP contribution in [0.25, 0.3) is 0 Å². The first kappa shape index (κ1) is 13.8. The minimum Gasteiger partial charge on any atom is -0.493 e. The lowest BCUT2D eigenvalue weighted by Gasteiger charge is -2.13. The van der Waals surface area contributed by atoms with E-state index in [2.05, 4.69) is 24.1 Å². The van der Waals surface area contributed by atoms with Crippen LogP contribution in [0.5, 0.6) is 11.5 Å². The summed E-state index contributed by atoms with van der Waals surface area (Å²) in [6, 6.07) is 2.42. The predicted octanol–water partition coefficient (Wildman–Crippen LogP) is 2.38. The van der Waals surface area contributed by atoms with Crippen molar-refractivity contribution in [2.75, 3.05) is 14.2 Å². The third-order valence-corrected chi connectivity index (χ3v) is 2.68. The lowest BCUT2D eigenvalue weighted by atomic mass is 10.2. The van der Waals surface area contributed by atoms with E-state index in [0.717, 1.165) is 18.0 Å². The molecular formula is C13H22N2O2. The van der Waals surface area contributed by atoms with E-state index in [9.17, 15) is 0 Å². The van der Waals surface area contributed by atoms with Crippen LogP contribution in [-0.2, 0) is 6.54 Å². The Morgan fingerprint density at radius 1 is 1.29 bits per heavy atom. The molecule has 1 atom stereocenters. The van der Waals surface area contributed by atoms with Crippen molar-refractivity contribution in [3.8, 4) is 11.5 Å². The van der Waals surface area contributed by atoms with E-state index in [0.29, 0.717) is 11.8 Å². The van der Waals surface area contributed by atoms with Gasteiger partial charge in [0, 0.05) is 18.7 Å². The first-order valence-corrected chi connectivity index (χ1v) is 6.01. The highest BCUT2D eigenvalue weighted by molar-refractivity contribution is 5.38. The highest BCUT2D eigenvalue weighted by Gasteiger charge is 2.06. The molecule has 4 heteroatoms. The predicted molar refractivity (Wildman–Crippen MR) is 68.6 cm³/mol. The van der Waals surface area contributed by atoms with Crippen molar-refractivity contribution in [2.45, 2.75) is 39.3 Å². The zero-order chi connectivity index (χ0) is 12.7. The number of nitrogens with one attached hydrogen (secondary N) is 1. The van der Waals surface area contributed by atoms with Crippen LogP contribution in [0.1, 0.15) is 32.4 Å². The zero-order valence-electron chi connectivity index (χ0n) is 11.1. The maximum absolute atomic E-state index is 5.24. The summed E-state index contributed by atoms with van der Waals surface area (Å²) in [6.45, 7) is 5.12. The van der Waals surface area contributed by atoms with Gasteiger partial charge in [-0.15, -0.1) is 0 Å². The second kappa shape index (κ2) is 7.12. The van der Waals surface area contributed by atoms with Crippen LogP contribution in [0.3, 0.4) is 0 Å². The first-order chi connectivity index (χ1) is 8.21. The number of rotatable bonds is 7. The van der Waals surface area contributed by atoms with Gasteiger partial charge >= 0.3 is 0 Å². The topological polar surface area (TPSA) is 43.4 Å². The van der Waals surface area contributed by atoms with Crippen molar-refractivity contribution in [1.82, 2.24) is 10.3 Å². The maximum atomic E-state index is 5.24. The van der Waals surface area contributed by atoms with Gasteiger partial charge in [0.2, 0.25) is 0 Å². The number of pyridine rings is 1. The Balaban J connectivity index is 2.60.